The van der Waals surface area contributed by atoms with E-state index in [1.807, 2.05) is 23.1 Å². The maximum Gasteiger partial charge on any atom is 0.267 e. The molecule has 0 saturated carbocycles. The molecule has 98 valence electrons. The number of ether oxygens (including phenoxy) is 1. The van der Waals surface area contributed by atoms with Gasteiger partial charge >= 0.3 is 0 Å². The van der Waals surface area contributed by atoms with E-state index in [4.69, 9.17) is 10.5 Å². The van der Waals surface area contributed by atoms with Crippen molar-refractivity contribution < 1.29 is 9.53 Å². The van der Waals surface area contributed by atoms with E-state index in [2.05, 4.69) is 6.92 Å². The number of unbranched alkanes of at least 4 members (excludes halogenated alkanes) is 1. The maximum atomic E-state index is 12.2. The highest BCUT2D eigenvalue weighted by Crippen LogP contribution is 2.35. The summed E-state index contributed by atoms with van der Waals surface area (Å²) in [5.74, 6) is 0.806. The molecule has 0 aliphatic carbocycles. The summed E-state index contributed by atoms with van der Waals surface area (Å²) < 4.78 is 5.62. The summed E-state index contributed by atoms with van der Waals surface area (Å²) in [5, 5.41) is 0. The van der Waals surface area contributed by atoms with E-state index in [-0.39, 0.29) is 5.91 Å². The average molecular weight is 248 g/mol. The van der Waals surface area contributed by atoms with Crippen molar-refractivity contribution in [2.75, 3.05) is 11.4 Å². The van der Waals surface area contributed by atoms with Gasteiger partial charge in [-0.1, -0.05) is 19.4 Å². The van der Waals surface area contributed by atoms with Crippen molar-refractivity contribution in [2.45, 2.75) is 39.3 Å². The highest BCUT2D eigenvalue weighted by atomic mass is 16.5. The molecule has 4 nitrogen and oxygen atoms in total. The largest absolute Gasteiger partial charge is 0.479 e. The molecule has 1 aliphatic rings. The van der Waals surface area contributed by atoms with Gasteiger partial charge < -0.3 is 15.4 Å². The number of nitrogens with two attached hydrogens (primary N) is 1. The normalized spacial score (nSPS) is 18.5. The molecule has 1 aliphatic heterocycles. The molecule has 4 heteroatoms. The number of benzene rings is 1. The Morgan fingerprint density at radius 3 is 2.89 bits per heavy atom. The number of fused-ring (bicyclic) bond motifs is 1. The number of amides is 1. The maximum absolute atomic E-state index is 12.2. The Balaban J connectivity index is 2.36. The van der Waals surface area contributed by atoms with Crippen LogP contribution in [0.1, 0.15) is 32.3 Å². The minimum absolute atomic E-state index is 0.0325. The summed E-state index contributed by atoms with van der Waals surface area (Å²) in [6.45, 7) is 5.12. The second kappa shape index (κ2) is 5.40. The monoisotopic (exact) mass is 248 g/mol. The molecule has 1 heterocycles. The van der Waals surface area contributed by atoms with Gasteiger partial charge in [0.1, 0.15) is 5.75 Å². The van der Waals surface area contributed by atoms with E-state index in [1.165, 1.54) is 0 Å². The number of hydrogen-bond donors (Lipinski definition) is 1. The Morgan fingerprint density at radius 2 is 2.22 bits per heavy atom. The molecule has 2 N–H and O–H groups in total. The zero-order valence-electron chi connectivity index (χ0n) is 11.0. The van der Waals surface area contributed by atoms with Gasteiger partial charge in [0.15, 0.2) is 6.10 Å². The third kappa shape index (κ3) is 2.34. The van der Waals surface area contributed by atoms with E-state index in [9.17, 15) is 4.79 Å². The minimum Gasteiger partial charge on any atom is -0.479 e. The molecule has 0 spiro atoms. The van der Waals surface area contributed by atoms with Crippen LogP contribution in [0, 0.1) is 0 Å². The molecule has 0 bridgehead atoms. The lowest BCUT2D eigenvalue weighted by Gasteiger charge is -2.33. The Morgan fingerprint density at radius 1 is 1.44 bits per heavy atom. The van der Waals surface area contributed by atoms with Crippen LogP contribution in [0.15, 0.2) is 18.2 Å². The summed E-state index contributed by atoms with van der Waals surface area (Å²) in [6.07, 6.45) is 1.65. The smallest absolute Gasteiger partial charge is 0.267 e. The van der Waals surface area contributed by atoms with Crippen LogP contribution in [0.4, 0.5) is 5.69 Å². The van der Waals surface area contributed by atoms with Gasteiger partial charge in [-0.15, -0.1) is 0 Å². The number of carbonyl (C=O) groups is 1. The van der Waals surface area contributed by atoms with Crippen LogP contribution >= 0.6 is 0 Å². The third-order valence-corrected chi connectivity index (χ3v) is 3.20. The zero-order valence-corrected chi connectivity index (χ0v) is 11.0. The van der Waals surface area contributed by atoms with Crippen LogP contribution in [-0.2, 0) is 11.3 Å². The number of anilines is 1. The molecule has 1 aromatic rings. The molecular formula is C14H20N2O2. The number of hydrogen-bond acceptors (Lipinski definition) is 3. The minimum atomic E-state index is -0.405. The summed E-state index contributed by atoms with van der Waals surface area (Å²) in [7, 11) is 0. The topological polar surface area (TPSA) is 55.6 Å². The van der Waals surface area contributed by atoms with Gasteiger partial charge in [0.2, 0.25) is 0 Å². The van der Waals surface area contributed by atoms with Crippen LogP contribution in [0.25, 0.3) is 0 Å². The van der Waals surface area contributed by atoms with E-state index >= 15 is 0 Å². The van der Waals surface area contributed by atoms with Crippen molar-refractivity contribution in [1.29, 1.82) is 0 Å². The molecule has 1 unspecified atom stereocenters. The lowest BCUT2D eigenvalue weighted by atomic mass is 10.1. The molecule has 18 heavy (non-hydrogen) atoms. The Kier molecular flexibility index (Phi) is 3.87. The zero-order chi connectivity index (χ0) is 13.1. The highest BCUT2D eigenvalue weighted by Gasteiger charge is 2.30. The molecule has 0 aromatic heterocycles. The molecule has 1 aromatic carbocycles. The van der Waals surface area contributed by atoms with Gasteiger partial charge in [0.25, 0.3) is 5.91 Å². The molecule has 0 radical (unpaired) electrons. The second-order valence-electron chi connectivity index (χ2n) is 4.61. The summed E-state index contributed by atoms with van der Waals surface area (Å²) in [6, 6.07) is 5.80. The Bertz CT molecular complexity index is 445. The van der Waals surface area contributed by atoms with Crippen molar-refractivity contribution in [3.8, 4) is 5.75 Å². The predicted octanol–water partition coefficient (Wildman–Crippen LogP) is 2.06. The van der Waals surface area contributed by atoms with Gasteiger partial charge in [0, 0.05) is 13.1 Å². The van der Waals surface area contributed by atoms with Gasteiger partial charge in [-0.2, -0.15) is 0 Å². The third-order valence-electron chi connectivity index (χ3n) is 3.20. The first-order valence-corrected chi connectivity index (χ1v) is 6.48. The quantitative estimate of drug-likeness (QED) is 0.887. The fourth-order valence-electron chi connectivity index (χ4n) is 2.13. The molecule has 0 fully saturated rings. The van der Waals surface area contributed by atoms with Crippen molar-refractivity contribution in [3.63, 3.8) is 0 Å². The molecular weight excluding hydrogens is 228 g/mol. The standard InChI is InChI=1S/C14H20N2O2/c1-3-4-7-16-12-8-11(9-15)5-6-13(12)18-10(2)14(16)17/h5-6,8,10H,3-4,7,9,15H2,1-2H3. The lowest BCUT2D eigenvalue weighted by molar-refractivity contribution is -0.125. The number of nitrogens with zero attached hydrogens (tertiary/aromatic N) is 1. The fourth-order valence-corrected chi connectivity index (χ4v) is 2.13. The van der Waals surface area contributed by atoms with Crippen molar-refractivity contribution >= 4 is 11.6 Å². The van der Waals surface area contributed by atoms with Crippen molar-refractivity contribution in [3.05, 3.63) is 23.8 Å². The first-order chi connectivity index (χ1) is 8.67. The van der Waals surface area contributed by atoms with E-state index in [1.54, 1.807) is 6.92 Å². The van der Waals surface area contributed by atoms with Crippen LogP contribution in [0.2, 0.25) is 0 Å². The van der Waals surface area contributed by atoms with E-state index < -0.39 is 6.10 Å². The van der Waals surface area contributed by atoms with Gasteiger partial charge in [-0.3, -0.25) is 4.79 Å². The predicted molar refractivity (Wildman–Crippen MR) is 71.7 cm³/mol. The molecule has 2 rings (SSSR count). The lowest BCUT2D eigenvalue weighted by Crippen LogP contribution is -2.44. The van der Waals surface area contributed by atoms with E-state index in [0.717, 1.165) is 36.4 Å². The van der Waals surface area contributed by atoms with Gasteiger partial charge in [-0.05, 0) is 31.0 Å². The van der Waals surface area contributed by atoms with Gasteiger partial charge in [-0.25, -0.2) is 0 Å². The van der Waals surface area contributed by atoms with Crippen LogP contribution < -0.4 is 15.4 Å². The van der Waals surface area contributed by atoms with Crippen LogP contribution in [0.5, 0.6) is 5.75 Å². The van der Waals surface area contributed by atoms with Gasteiger partial charge in [0.05, 0.1) is 5.69 Å². The van der Waals surface area contributed by atoms with Crippen molar-refractivity contribution in [1.82, 2.24) is 0 Å². The highest BCUT2D eigenvalue weighted by molar-refractivity contribution is 5.99. The van der Waals surface area contributed by atoms with Crippen LogP contribution in [0.3, 0.4) is 0 Å². The van der Waals surface area contributed by atoms with Crippen LogP contribution in [-0.4, -0.2) is 18.6 Å². The summed E-state index contributed by atoms with van der Waals surface area (Å²) in [4.78, 5) is 14.0. The summed E-state index contributed by atoms with van der Waals surface area (Å²) >= 11 is 0. The Hall–Kier alpha value is -1.55. The fraction of sp³-hybridized carbons (Fsp3) is 0.500. The first-order valence-electron chi connectivity index (χ1n) is 6.48. The Labute approximate surface area is 108 Å². The van der Waals surface area contributed by atoms with Crippen molar-refractivity contribution in [2.24, 2.45) is 5.73 Å². The molecule has 0 saturated heterocycles. The number of rotatable bonds is 4. The molecule has 1 atom stereocenters. The average Bonchev–Trinajstić information content (AvgIpc) is 2.39. The SMILES string of the molecule is CCCCN1C(=O)C(C)Oc2ccc(CN)cc21. The van der Waals surface area contributed by atoms with E-state index in [0.29, 0.717) is 6.54 Å². The second-order valence-corrected chi connectivity index (χ2v) is 4.61. The molecule has 1 amide bonds. The first kappa shape index (κ1) is 12.9. The number of carbonyl (C=O) groups excluding carboxylic acids is 1. The summed E-state index contributed by atoms with van der Waals surface area (Å²) in [5.41, 5.74) is 7.52.